The third kappa shape index (κ3) is 7.11. The predicted octanol–water partition coefficient (Wildman–Crippen LogP) is 1.64. The average Bonchev–Trinajstić information content (AvgIpc) is 2.87. The summed E-state index contributed by atoms with van der Waals surface area (Å²) in [6, 6.07) is 16.0. The molecule has 1 aliphatic rings. The van der Waals surface area contributed by atoms with Crippen LogP contribution in [0.5, 0.6) is 0 Å². The Balaban J connectivity index is 1.70. The molecule has 186 valence electrons. The summed E-state index contributed by atoms with van der Waals surface area (Å²) < 4.78 is 11.6. The van der Waals surface area contributed by atoms with Crippen LogP contribution in [-0.2, 0) is 37.1 Å². The zero-order valence-electron chi connectivity index (χ0n) is 19.5. The Morgan fingerprint density at radius 2 is 1.54 bits per heavy atom. The molecule has 0 bridgehead atoms. The van der Waals surface area contributed by atoms with Gasteiger partial charge in [0.2, 0.25) is 0 Å². The van der Waals surface area contributed by atoms with Gasteiger partial charge >= 0.3 is 23.8 Å². The zero-order chi connectivity index (χ0) is 25.2. The average molecular weight is 484 g/mol. The molecule has 4 amide bonds. The van der Waals surface area contributed by atoms with E-state index in [9.17, 15) is 24.3 Å². The third-order valence-electron chi connectivity index (χ3n) is 5.55. The second-order valence-corrected chi connectivity index (χ2v) is 7.94. The predicted molar refractivity (Wildman–Crippen MR) is 125 cm³/mol. The number of carboxylic acids is 1. The number of carbonyl (C=O) groups excluding carboxylic acids is 3. The minimum Gasteiger partial charge on any atom is -0.480 e. The van der Waals surface area contributed by atoms with Gasteiger partial charge in [0.15, 0.2) is 6.04 Å². The van der Waals surface area contributed by atoms with Gasteiger partial charge in [-0.3, -0.25) is 14.5 Å². The van der Waals surface area contributed by atoms with E-state index in [1.54, 1.807) is 6.92 Å². The van der Waals surface area contributed by atoms with Crippen LogP contribution < -0.4 is 5.32 Å². The molecule has 0 saturated carbocycles. The van der Waals surface area contributed by atoms with Gasteiger partial charge in [0.05, 0.1) is 19.8 Å². The van der Waals surface area contributed by atoms with Crippen LogP contribution in [0.15, 0.2) is 60.7 Å². The highest BCUT2D eigenvalue weighted by Gasteiger charge is 2.38. The number of likely N-dealkylation sites (N-methyl/N-ethyl adjacent to an activating group) is 1. The number of amides is 4. The van der Waals surface area contributed by atoms with Gasteiger partial charge in [-0.1, -0.05) is 60.7 Å². The zero-order valence-corrected chi connectivity index (χ0v) is 19.5. The summed E-state index contributed by atoms with van der Waals surface area (Å²) >= 11 is 0. The number of hydrogen-bond acceptors (Lipinski definition) is 6. The maximum absolute atomic E-state index is 12.8. The van der Waals surface area contributed by atoms with E-state index in [0.717, 1.165) is 16.0 Å². The normalized spacial score (nSPS) is 15.6. The summed E-state index contributed by atoms with van der Waals surface area (Å²) in [5, 5.41) is 12.2. The number of urea groups is 1. The molecule has 2 aromatic rings. The Bertz CT molecular complexity index is 1020. The number of aliphatic carboxylic acids is 1. The van der Waals surface area contributed by atoms with Crippen molar-refractivity contribution in [3.05, 3.63) is 71.8 Å². The van der Waals surface area contributed by atoms with Gasteiger partial charge in [-0.15, -0.1) is 0 Å². The molecule has 10 nitrogen and oxygen atoms in total. The van der Waals surface area contributed by atoms with E-state index >= 15 is 0 Å². The molecule has 35 heavy (non-hydrogen) atoms. The molecular weight excluding hydrogens is 454 g/mol. The lowest BCUT2D eigenvalue weighted by atomic mass is 10.1. The van der Waals surface area contributed by atoms with Crippen molar-refractivity contribution in [2.45, 2.75) is 32.3 Å². The number of hydrogen-bond donors (Lipinski definition) is 2. The first-order chi connectivity index (χ1) is 16.9. The number of carboxylic acid groups (broad SMARTS) is 1. The Hall–Kier alpha value is -3.76. The van der Waals surface area contributed by atoms with E-state index in [0.29, 0.717) is 6.54 Å². The molecular formula is C25H29N3O7. The number of imide groups is 1. The van der Waals surface area contributed by atoms with E-state index < -0.39 is 36.0 Å². The summed E-state index contributed by atoms with van der Waals surface area (Å²) in [6.45, 7) is 2.40. The van der Waals surface area contributed by atoms with Crippen LogP contribution in [0.2, 0.25) is 0 Å². The molecule has 1 aliphatic heterocycles. The number of rotatable bonds is 11. The number of nitrogens with zero attached hydrogens (tertiary/aromatic N) is 2. The fourth-order valence-corrected chi connectivity index (χ4v) is 3.58. The van der Waals surface area contributed by atoms with Crippen molar-refractivity contribution in [3.63, 3.8) is 0 Å². The lowest BCUT2D eigenvalue weighted by molar-refractivity contribution is -0.154. The molecule has 10 heteroatoms. The maximum Gasteiger partial charge on any atom is 0.329 e. The summed E-state index contributed by atoms with van der Waals surface area (Å²) in [5.41, 5.74) is 1.70. The van der Waals surface area contributed by atoms with Gasteiger partial charge in [-0.25, -0.2) is 9.59 Å². The molecule has 2 unspecified atom stereocenters. The van der Waals surface area contributed by atoms with E-state index in [-0.39, 0.29) is 32.9 Å². The van der Waals surface area contributed by atoms with Crippen molar-refractivity contribution in [1.29, 1.82) is 0 Å². The lowest BCUT2D eigenvalue weighted by Gasteiger charge is -2.33. The molecule has 0 aromatic heterocycles. The van der Waals surface area contributed by atoms with Gasteiger partial charge < -0.3 is 24.8 Å². The van der Waals surface area contributed by atoms with Crippen molar-refractivity contribution in [2.75, 3.05) is 26.2 Å². The summed E-state index contributed by atoms with van der Waals surface area (Å²) in [5.74, 6) is -3.16. The summed E-state index contributed by atoms with van der Waals surface area (Å²) in [7, 11) is 0. The molecule has 2 atom stereocenters. The molecule has 1 heterocycles. The quantitative estimate of drug-likeness (QED) is 0.466. The fraction of sp³-hybridized carbons (Fsp3) is 0.360. The van der Waals surface area contributed by atoms with Gasteiger partial charge in [0.25, 0.3) is 0 Å². The topological polar surface area (TPSA) is 125 Å². The fourth-order valence-electron chi connectivity index (χ4n) is 3.58. The highest BCUT2D eigenvalue weighted by atomic mass is 16.5. The number of carbonyl (C=O) groups is 4. The van der Waals surface area contributed by atoms with E-state index in [2.05, 4.69) is 5.32 Å². The van der Waals surface area contributed by atoms with Crippen LogP contribution in [0.1, 0.15) is 18.1 Å². The molecule has 1 saturated heterocycles. The number of nitrogens with one attached hydrogen (secondary N) is 1. The van der Waals surface area contributed by atoms with Crippen LogP contribution >= 0.6 is 0 Å². The number of benzene rings is 2. The molecule has 3 rings (SSSR count). The van der Waals surface area contributed by atoms with Crippen molar-refractivity contribution in [3.8, 4) is 0 Å². The first-order valence-corrected chi connectivity index (χ1v) is 11.3. The molecule has 1 fully saturated rings. The monoisotopic (exact) mass is 483 g/mol. The smallest absolute Gasteiger partial charge is 0.329 e. The molecule has 2 N–H and O–H groups in total. The van der Waals surface area contributed by atoms with E-state index in [4.69, 9.17) is 9.47 Å². The lowest BCUT2D eigenvalue weighted by Crippen LogP contribution is -2.61. The first kappa shape index (κ1) is 25.9. The molecule has 0 aliphatic carbocycles. The van der Waals surface area contributed by atoms with Crippen LogP contribution in [0, 0.1) is 0 Å². The largest absolute Gasteiger partial charge is 0.480 e. The van der Waals surface area contributed by atoms with E-state index in [1.165, 1.54) is 4.90 Å². The molecule has 0 spiro atoms. The minimum atomic E-state index is -1.52. The van der Waals surface area contributed by atoms with Gasteiger partial charge in [0.1, 0.15) is 6.10 Å². The van der Waals surface area contributed by atoms with Crippen LogP contribution in [0.3, 0.4) is 0 Å². The Labute approximate surface area is 203 Å². The van der Waals surface area contributed by atoms with Crippen LogP contribution in [0.4, 0.5) is 4.79 Å². The van der Waals surface area contributed by atoms with Crippen molar-refractivity contribution < 1.29 is 33.8 Å². The van der Waals surface area contributed by atoms with Crippen molar-refractivity contribution >= 4 is 23.8 Å². The third-order valence-corrected chi connectivity index (χ3v) is 5.55. The first-order valence-electron chi connectivity index (χ1n) is 11.3. The summed E-state index contributed by atoms with van der Waals surface area (Å²) in [6.07, 6.45) is -1.07. The highest BCUT2D eigenvalue weighted by molar-refractivity contribution is 6.38. The second-order valence-electron chi connectivity index (χ2n) is 7.94. The van der Waals surface area contributed by atoms with Gasteiger partial charge in [-0.05, 0) is 18.1 Å². The SMILES string of the molecule is CCN1CCN(C(=O)NC(C(=O)O)C(COCc2ccccc2)OCc2ccccc2)C(=O)C1=O. The maximum atomic E-state index is 12.8. The minimum absolute atomic E-state index is 0.0311. The van der Waals surface area contributed by atoms with E-state index in [1.807, 2.05) is 60.7 Å². The Morgan fingerprint density at radius 3 is 2.11 bits per heavy atom. The number of ether oxygens (including phenoxy) is 2. The molecule has 0 radical (unpaired) electrons. The Morgan fingerprint density at radius 1 is 0.943 bits per heavy atom. The highest BCUT2D eigenvalue weighted by Crippen LogP contribution is 2.12. The number of piperazine rings is 1. The molecule has 2 aromatic carbocycles. The Kier molecular flexibility index (Phi) is 9.33. The van der Waals surface area contributed by atoms with Crippen molar-refractivity contribution in [2.24, 2.45) is 0 Å². The van der Waals surface area contributed by atoms with Gasteiger partial charge in [-0.2, -0.15) is 0 Å². The van der Waals surface area contributed by atoms with Gasteiger partial charge in [0, 0.05) is 19.6 Å². The standard InChI is InChI=1S/C25H29N3O7/c1-2-27-13-14-28(23(30)22(27)29)25(33)26-21(24(31)32)20(35-16-19-11-7-4-8-12-19)17-34-15-18-9-5-3-6-10-18/h3-12,20-21H,2,13-17H2,1H3,(H,26,33)(H,31,32). The van der Waals surface area contributed by atoms with Crippen LogP contribution in [0.25, 0.3) is 0 Å². The van der Waals surface area contributed by atoms with Crippen molar-refractivity contribution in [1.82, 2.24) is 15.1 Å². The van der Waals surface area contributed by atoms with Crippen LogP contribution in [-0.4, -0.2) is 77.1 Å². The summed E-state index contributed by atoms with van der Waals surface area (Å²) in [4.78, 5) is 51.5. The second kappa shape index (κ2) is 12.6.